The summed E-state index contributed by atoms with van der Waals surface area (Å²) in [5, 5.41) is 11.9. The fourth-order valence-electron chi connectivity index (χ4n) is 2.16. The van der Waals surface area contributed by atoms with Crippen LogP contribution < -0.4 is 5.32 Å². The molecule has 1 aromatic rings. The summed E-state index contributed by atoms with van der Waals surface area (Å²) < 4.78 is 5.92. The van der Waals surface area contributed by atoms with Crippen LogP contribution in [-0.2, 0) is 4.74 Å². The summed E-state index contributed by atoms with van der Waals surface area (Å²) in [5.41, 5.74) is 0.440. The highest BCUT2D eigenvalue weighted by atomic mass is 79.9. The number of amides is 1. The van der Waals surface area contributed by atoms with E-state index in [4.69, 9.17) is 9.84 Å². The van der Waals surface area contributed by atoms with Gasteiger partial charge in [0.05, 0.1) is 5.56 Å². The second-order valence-electron chi connectivity index (χ2n) is 4.75. The normalized spacial score (nSPS) is 19.1. The van der Waals surface area contributed by atoms with Crippen molar-refractivity contribution in [3.63, 3.8) is 0 Å². The monoisotopic (exact) mass is 341 g/mol. The lowest BCUT2D eigenvalue weighted by atomic mass is 10.1. The third-order valence-corrected chi connectivity index (χ3v) is 3.65. The Kier molecular flexibility index (Phi) is 5.14. The molecule has 0 aliphatic carbocycles. The fourth-order valence-corrected chi connectivity index (χ4v) is 2.65. The molecule has 2 rings (SSSR count). The highest BCUT2D eigenvalue weighted by Gasteiger charge is 2.17. The van der Waals surface area contributed by atoms with Gasteiger partial charge in [0.25, 0.3) is 5.91 Å². The van der Waals surface area contributed by atoms with Gasteiger partial charge in [0.15, 0.2) is 0 Å². The first-order valence-corrected chi connectivity index (χ1v) is 7.28. The number of hydrogen-bond acceptors (Lipinski definition) is 3. The summed E-state index contributed by atoms with van der Waals surface area (Å²) in [4.78, 5) is 23.2. The number of ether oxygens (including phenoxy) is 1. The zero-order valence-electron chi connectivity index (χ0n) is 10.9. The van der Waals surface area contributed by atoms with Gasteiger partial charge in [0.1, 0.15) is 0 Å². The zero-order valence-corrected chi connectivity index (χ0v) is 12.5. The molecule has 1 atom stereocenters. The van der Waals surface area contributed by atoms with Gasteiger partial charge in [-0.1, -0.05) is 15.9 Å². The number of halogens is 1. The average molecular weight is 342 g/mol. The van der Waals surface area contributed by atoms with E-state index >= 15 is 0 Å². The lowest BCUT2D eigenvalue weighted by Gasteiger charge is -2.16. The number of carboxylic acids is 1. The highest BCUT2D eigenvalue weighted by molar-refractivity contribution is 9.10. The number of carbonyl (C=O) groups excluding carboxylic acids is 1. The Balaban J connectivity index is 2.10. The molecule has 108 valence electrons. The molecule has 0 bridgehead atoms. The van der Waals surface area contributed by atoms with Crippen molar-refractivity contribution in [3.05, 3.63) is 33.8 Å². The number of carboxylic acid groups (broad SMARTS) is 1. The lowest BCUT2D eigenvalue weighted by molar-refractivity contribution is 0.0697. The summed E-state index contributed by atoms with van der Waals surface area (Å²) in [6.45, 7) is 1.37. The quantitative estimate of drug-likeness (QED) is 0.885. The standard InChI is InChI=1S/C14H16BrNO4/c15-11-7-9(6-10(8-11)14(18)19)13(17)16-12-2-1-4-20-5-3-12/h6-8,12H,1-5H2,(H,16,17)(H,18,19). The maximum atomic E-state index is 12.2. The molecule has 1 aromatic carbocycles. The Morgan fingerprint density at radius 3 is 2.70 bits per heavy atom. The molecule has 1 unspecified atom stereocenters. The maximum Gasteiger partial charge on any atom is 0.335 e. The topological polar surface area (TPSA) is 75.6 Å². The van der Waals surface area contributed by atoms with Gasteiger partial charge in [-0.05, 0) is 37.5 Å². The van der Waals surface area contributed by atoms with Gasteiger partial charge in [0, 0.05) is 29.3 Å². The van der Waals surface area contributed by atoms with Gasteiger partial charge in [-0.2, -0.15) is 0 Å². The molecule has 6 heteroatoms. The first-order valence-electron chi connectivity index (χ1n) is 6.49. The zero-order chi connectivity index (χ0) is 14.5. The lowest BCUT2D eigenvalue weighted by Crippen LogP contribution is -2.35. The van der Waals surface area contributed by atoms with Crippen LogP contribution in [0.1, 0.15) is 40.0 Å². The van der Waals surface area contributed by atoms with Gasteiger partial charge in [-0.15, -0.1) is 0 Å². The van der Waals surface area contributed by atoms with Crippen molar-refractivity contribution in [1.29, 1.82) is 0 Å². The van der Waals surface area contributed by atoms with E-state index in [1.54, 1.807) is 6.07 Å². The van der Waals surface area contributed by atoms with E-state index < -0.39 is 5.97 Å². The molecule has 0 saturated carbocycles. The molecule has 2 N–H and O–H groups in total. The van der Waals surface area contributed by atoms with E-state index in [1.165, 1.54) is 12.1 Å². The Bertz CT molecular complexity index is 510. The minimum atomic E-state index is -1.05. The highest BCUT2D eigenvalue weighted by Crippen LogP contribution is 2.17. The number of hydrogen-bond donors (Lipinski definition) is 2. The molecule has 5 nitrogen and oxygen atoms in total. The van der Waals surface area contributed by atoms with Gasteiger partial charge < -0.3 is 15.2 Å². The molecule has 0 radical (unpaired) electrons. The molecule has 1 amide bonds. The summed E-state index contributed by atoms with van der Waals surface area (Å²) in [7, 11) is 0. The molecule has 20 heavy (non-hydrogen) atoms. The van der Waals surface area contributed by atoms with Crippen LogP contribution in [0, 0.1) is 0 Å². The first kappa shape index (κ1) is 15.0. The summed E-state index contributed by atoms with van der Waals surface area (Å²) in [6, 6.07) is 4.56. The minimum absolute atomic E-state index is 0.0808. The number of benzene rings is 1. The van der Waals surface area contributed by atoms with Crippen LogP contribution in [0.4, 0.5) is 0 Å². The van der Waals surface area contributed by atoms with Crippen LogP contribution in [0.2, 0.25) is 0 Å². The molecule has 0 spiro atoms. The molecule has 0 aromatic heterocycles. The Hall–Kier alpha value is -1.40. The molecular formula is C14H16BrNO4. The van der Waals surface area contributed by atoms with E-state index in [-0.39, 0.29) is 17.5 Å². The minimum Gasteiger partial charge on any atom is -0.478 e. The van der Waals surface area contributed by atoms with Crippen molar-refractivity contribution in [1.82, 2.24) is 5.32 Å². The Morgan fingerprint density at radius 2 is 1.95 bits per heavy atom. The van der Waals surface area contributed by atoms with E-state index in [2.05, 4.69) is 21.2 Å². The SMILES string of the molecule is O=C(O)c1cc(Br)cc(C(=O)NC2CCCOCC2)c1. The second-order valence-corrected chi connectivity index (χ2v) is 5.66. The Labute approximate surface area is 125 Å². The molecular weight excluding hydrogens is 326 g/mol. The summed E-state index contributed by atoms with van der Waals surface area (Å²) in [6.07, 6.45) is 2.58. The maximum absolute atomic E-state index is 12.2. The van der Waals surface area contributed by atoms with E-state index in [0.717, 1.165) is 25.9 Å². The van der Waals surface area contributed by atoms with Gasteiger partial charge >= 0.3 is 5.97 Å². The van der Waals surface area contributed by atoms with Crippen molar-refractivity contribution < 1.29 is 19.4 Å². The average Bonchev–Trinajstić information content (AvgIpc) is 2.66. The molecule has 1 heterocycles. The predicted octanol–water partition coefficient (Wildman–Crippen LogP) is 2.45. The van der Waals surface area contributed by atoms with Crippen LogP contribution in [0.25, 0.3) is 0 Å². The van der Waals surface area contributed by atoms with Crippen LogP contribution in [0.5, 0.6) is 0 Å². The van der Waals surface area contributed by atoms with Crippen molar-refractivity contribution in [3.8, 4) is 0 Å². The summed E-state index contributed by atoms with van der Waals surface area (Å²) in [5.74, 6) is -1.30. The second kappa shape index (κ2) is 6.85. The Morgan fingerprint density at radius 1 is 1.20 bits per heavy atom. The van der Waals surface area contributed by atoms with Crippen LogP contribution in [-0.4, -0.2) is 36.2 Å². The largest absolute Gasteiger partial charge is 0.478 e. The van der Waals surface area contributed by atoms with Gasteiger partial charge in [-0.25, -0.2) is 4.79 Å². The first-order chi connectivity index (χ1) is 9.56. The predicted molar refractivity (Wildman–Crippen MR) is 77.0 cm³/mol. The van der Waals surface area contributed by atoms with Crippen LogP contribution in [0.15, 0.2) is 22.7 Å². The third-order valence-electron chi connectivity index (χ3n) is 3.19. The number of rotatable bonds is 3. The van der Waals surface area contributed by atoms with Crippen molar-refractivity contribution in [2.24, 2.45) is 0 Å². The van der Waals surface area contributed by atoms with Crippen LogP contribution >= 0.6 is 15.9 Å². The van der Waals surface area contributed by atoms with Crippen molar-refractivity contribution in [2.75, 3.05) is 13.2 Å². The summed E-state index contributed by atoms with van der Waals surface area (Å²) >= 11 is 3.22. The van der Waals surface area contributed by atoms with Crippen LogP contribution in [0.3, 0.4) is 0 Å². The third kappa shape index (κ3) is 4.05. The fraction of sp³-hybridized carbons (Fsp3) is 0.429. The van der Waals surface area contributed by atoms with Gasteiger partial charge in [0.2, 0.25) is 0 Å². The van der Waals surface area contributed by atoms with Crippen molar-refractivity contribution >= 4 is 27.8 Å². The van der Waals surface area contributed by atoms with E-state index in [0.29, 0.717) is 16.6 Å². The molecule has 1 fully saturated rings. The van der Waals surface area contributed by atoms with Crippen molar-refractivity contribution in [2.45, 2.75) is 25.3 Å². The molecule has 1 aliphatic rings. The number of nitrogens with one attached hydrogen (secondary N) is 1. The smallest absolute Gasteiger partial charge is 0.335 e. The van der Waals surface area contributed by atoms with Gasteiger partial charge in [-0.3, -0.25) is 4.79 Å². The van der Waals surface area contributed by atoms with E-state index in [1.807, 2.05) is 0 Å². The number of aromatic carboxylic acids is 1. The molecule has 1 aliphatic heterocycles. The van der Waals surface area contributed by atoms with E-state index in [9.17, 15) is 9.59 Å². The molecule has 1 saturated heterocycles. The number of carbonyl (C=O) groups is 2.